The third-order valence-electron chi connectivity index (χ3n) is 3.01. The highest BCUT2D eigenvalue weighted by molar-refractivity contribution is 5.84. The molecule has 0 radical (unpaired) electrons. The number of para-hydroxylation sites is 1. The van der Waals surface area contributed by atoms with Crippen LogP contribution in [0.3, 0.4) is 0 Å². The van der Waals surface area contributed by atoms with Crippen LogP contribution >= 0.6 is 0 Å². The average Bonchev–Trinajstić information content (AvgIpc) is 2.38. The van der Waals surface area contributed by atoms with Gasteiger partial charge in [0.2, 0.25) is 5.95 Å². The first-order valence-corrected chi connectivity index (χ1v) is 5.81. The van der Waals surface area contributed by atoms with Gasteiger partial charge in [0.25, 0.3) is 0 Å². The first-order chi connectivity index (χ1) is 8.33. The van der Waals surface area contributed by atoms with Crippen LogP contribution in [-0.4, -0.2) is 28.8 Å². The third kappa shape index (κ3) is 1.98. The van der Waals surface area contributed by atoms with Gasteiger partial charge >= 0.3 is 0 Å². The van der Waals surface area contributed by atoms with Crippen LogP contribution in [-0.2, 0) is 4.79 Å². The molecule has 2 heterocycles. The van der Waals surface area contributed by atoms with Gasteiger partial charge in [-0.05, 0) is 12.5 Å². The molecule has 1 saturated heterocycles. The second kappa shape index (κ2) is 4.13. The molecule has 17 heavy (non-hydrogen) atoms. The Morgan fingerprint density at radius 1 is 1.24 bits per heavy atom. The van der Waals surface area contributed by atoms with Crippen LogP contribution in [0, 0.1) is 0 Å². The molecule has 4 heteroatoms. The molecular formula is C13H13N3O. The molecule has 0 N–H and O–H groups in total. The van der Waals surface area contributed by atoms with Crippen molar-refractivity contribution in [2.75, 3.05) is 18.0 Å². The molecule has 86 valence electrons. The molecule has 3 rings (SSSR count). The average molecular weight is 227 g/mol. The Labute approximate surface area is 99.3 Å². The monoisotopic (exact) mass is 227 g/mol. The summed E-state index contributed by atoms with van der Waals surface area (Å²) in [5.41, 5.74) is 0.926. The van der Waals surface area contributed by atoms with Gasteiger partial charge in [0.15, 0.2) is 5.78 Å². The van der Waals surface area contributed by atoms with E-state index >= 15 is 0 Å². The van der Waals surface area contributed by atoms with Gasteiger partial charge in [0.1, 0.15) is 0 Å². The normalized spacial score (nSPS) is 16.5. The van der Waals surface area contributed by atoms with Gasteiger partial charge in [0, 0.05) is 24.5 Å². The zero-order chi connectivity index (χ0) is 11.7. The predicted molar refractivity (Wildman–Crippen MR) is 66.0 cm³/mol. The van der Waals surface area contributed by atoms with E-state index in [2.05, 4.69) is 9.97 Å². The van der Waals surface area contributed by atoms with E-state index in [1.54, 1.807) is 0 Å². The third-order valence-corrected chi connectivity index (χ3v) is 3.01. The Bertz CT molecular complexity index is 567. The minimum atomic E-state index is 0.271. The van der Waals surface area contributed by atoms with Crippen LogP contribution in [0.4, 0.5) is 5.95 Å². The summed E-state index contributed by atoms with van der Waals surface area (Å²) in [6.45, 7) is 1.31. The fourth-order valence-electron chi connectivity index (χ4n) is 2.12. The largest absolute Gasteiger partial charge is 0.333 e. The highest BCUT2D eigenvalue weighted by Crippen LogP contribution is 2.17. The molecule has 1 aromatic carbocycles. The van der Waals surface area contributed by atoms with Gasteiger partial charge in [0.05, 0.1) is 12.1 Å². The van der Waals surface area contributed by atoms with E-state index in [9.17, 15) is 4.79 Å². The quantitative estimate of drug-likeness (QED) is 0.745. The van der Waals surface area contributed by atoms with Crippen LogP contribution in [0.2, 0.25) is 0 Å². The van der Waals surface area contributed by atoms with Gasteiger partial charge in [-0.1, -0.05) is 18.2 Å². The van der Waals surface area contributed by atoms with E-state index in [-0.39, 0.29) is 5.78 Å². The highest BCUT2D eigenvalue weighted by atomic mass is 16.1. The van der Waals surface area contributed by atoms with Crippen molar-refractivity contribution >= 4 is 22.6 Å². The molecule has 2 aromatic rings. The Balaban J connectivity index is 1.97. The lowest BCUT2D eigenvalue weighted by Gasteiger charge is -2.25. The minimum Gasteiger partial charge on any atom is -0.333 e. The molecule has 4 nitrogen and oxygen atoms in total. The molecule has 0 aliphatic carbocycles. The van der Waals surface area contributed by atoms with Crippen LogP contribution in [0.15, 0.2) is 30.5 Å². The van der Waals surface area contributed by atoms with Gasteiger partial charge in [-0.25, -0.2) is 9.97 Å². The molecule has 1 aromatic heterocycles. The summed E-state index contributed by atoms with van der Waals surface area (Å²) < 4.78 is 0. The Hall–Kier alpha value is -1.97. The SMILES string of the molecule is O=C1CCCN(c2ncc3ccccc3n2)C1. The number of anilines is 1. The Morgan fingerprint density at radius 2 is 2.12 bits per heavy atom. The highest BCUT2D eigenvalue weighted by Gasteiger charge is 2.18. The number of piperidine rings is 1. The summed E-state index contributed by atoms with van der Waals surface area (Å²) in [4.78, 5) is 22.2. The van der Waals surface area contributed by atoms with Crippen LogP contribution in [0.5, 0.6) is 0 Å². The van der Waals surface area contributed by atoms with Gasteiger partial charge < -0.3 is 4.90 Å². The van der Waals surface area contributed by atoms with Crippen molar-refractivity contribution in [1.29, 1.82) is 0 Å². The Morgan fingerprint density at radius 3 is 3.00 bits per heavy atom. The molecule has 0 saturated carbocycles. The second-order valence-electron chi connectivity index (χ2n) is 4.29. The molecule has 1 fully saturated rings. The zero-order valence-electron chi connectivity index (χ0n) is 9.47. The number of ketones is 1. The van der Waals surface area contributed by atoms with Crippen LogP contribution in [0.25, 0.3) is 10.9 Å². The molecule has 1 aliphatic rings. The van der Waals surface area contributed by atoms with E-state index in [1.165, 1.54) is 0 Å². The number of aromatic nitrogens is 2. The van der Waals surface area contributed by atoms with Crippen molar-refractivity contribution in [2.24, 2.45) is 0 Å². The molecule has 1 aliphatic heterocycles. The molecular weight excluding hydrogens is 214 g/mol. The number of hydrogen-bond acceptors (Lipinski definition) is 4. The maximum atomic E-state index is 11.4. The summed E-state index contributed by atoms with van der Waals surface area (Å²) in [5, 5.41) is 1.03. The molecule has 0 amide bonds. The number of hydrogen-bond donors (Lipinski definition) is 0. The van der Waals surface area contributed by atoms with Crippen molar-refractivity contribution in [1.82, 2.24) is 9.97 Å². The van der Waals surface area contributed by atoms with Gasteiger partial charge in [-0.2, -0.15) is 0 Å². The lowest BCUT2D eigenvalue weighted by Crippen LogP contribution is -2.36. The lowest BCUT2D eigenvalue weighted by molar-refractivity contribution is -0.118. The number of fused-ring (bicyclic) bond motifs is 1. The lowest BCUT2D eigenvalue weighted by atomic mass is 10.1. The summed E-state index contributed by atoms with van der Waals surface area (Å²) in [7, 11) is 0. The van der Waals surface area contributed by atoms with Crippen molar-refractivity contribution in [2.45, 2.75) is 12.8 Å². The van der Waals surface area contributed by atoms with Crippen LogP contribution in [0.1, 0.15) is 12.8 Å². The molecule has 0 unspecified atom stereocenters. The predicted octanol–water partition coefficient (Wildman–Crippen LogP) is 1.80. The number of rotatable bonds is 1. The number of benzene rings is 1. The summed E-state index contributed by atoms with van der Waals surface area (Å²) >= 11 is 0. The maximum absolute atomic E-state index is 11.4. The fourth-order valence-corrected chi connectivity index (χ4v) is 2.12. The molecule has 0 atom stereocenters. The molecule has 0 bridgehead atoms. The number of nitrogens with zero attached hydrogens (tertiary/aromatic N) is 3. The summed E-state index contributed by atoms with van der Waals surface area (Å²) in [6.07, 6.45) is 3.40. The van der Waals surface area contributed by atoms with Crippen molar-refractivity contribution in [3.63, 3.8) is 0 Å². The zero-order valence-corrected chi connectivity index (χ0v) is 9.47. The van der Waals surface area contributed by atoms with Crippen molar-refractivity contribution in [3.05, 3.63) is 30.5 Å². The van der Waals surface area contributed by atoms with Crippen molar-refractivity contribution < 1.29 is 4.79 Å². The number of Topliss-reactive ketones (excluding diaryl/α,β-unsaturated/α-hetero) is 1. The van der Waals surface area contributed by atoms with Gasteiger partial charge in [-0.3, -0.25) is 4.79 Å². The van der Waals surface area contributed by atoms with Crippen molar-refractivity contribution in [3.8, 4) is 0 Å². The first-order valence-electron chi connectivity index (χ1n) is 5.81. The van der Waals surface area contributed by atoms with E-state index in [0.29, 0.717) is 18.9 Å². The molecule has 0 spiro atoms. The Kier molecular flexibility index (Phi) is 2.48. The minimum absolute atomic E-state index is 0.271. The topological polar surface area (TPSA) is 46.1 Å². The smallest absolute Gasteiger partial charge is 0.226 e. The fraction of sp³-hybridized carbons (Fsp3) is 0.308. The number of carbonyl (C=O) groups excluding carboxylic acids is 1. The second-order valence-corrected chi connectivity index (χ2v) is 4.29. The maximum Gasteiger partial charge on any atom is 0.226 e. The first kappa shape index (κ1) is 10.2. The van der Waals surface area contributed by atoms with E-state index in [1.807, 2.05) is 35.4 Å². The van der Waals surface area contributed by atoms with E-state index < -0.39 is 0 Å². The summed E-state index contributed by atoms with van der Waals surface area (Å²) in [5.74, 6) is 0.935. The summed E-state index contributed by atoms with van der Waals surface area (Å²) in [6, 6.07) is 7.88. The van der Waals surface area contributed by atoms with E-state index in [0.717, 1.165) is 23.9 Å². The van der Waals surface area contributed by atoms with E-state index in [4.69, 9.17) is 0 Å². The van der Waals surface area contributed by atoms with Gasteiger partial charge in [-0.15, -0.1) is 0 Å². The number of carbonyl (C=O) groups is 1. The van der Waals surface area contributed by atoms with Crippen LogP contribution < -0.4 is 4.90 Å². The standard InChI is InChI=1S/C13H13N3O/c17-11-5-3-7-16(9-11)13-14-8-10-4-1-2-6-12(10)15-13/h1-2,4,6,8H,3,5,7,9H2.